The van der Waals surface area contributed by atoms with E-state index in [1.165, 1.54) is 5.56 Å². The number of aromatic nitrogens is 2. The minimum atomic E-state index is -2.55. The fraction of sp³-hybridized carbons (Fsp3) is 0.500. The van der Waals surface area contributed by atoms with Crippen molar-refractivity contribution in [2.45, 2.75) is 71.1 Å². The second kappa shape index (κ2) is 9.20. The van der Waals surface area contributed by atoms with E-state index in [1.807, 2.05) is 31.2 Å². The molecule has 1 aromatic heterocycles. The number of nitrogens with one attached hydrogen (secondary N) is 2. The van der Waals surface area contributed by atoms with Crippen molar-refractivity contribution >= 4 is 34.9 Å². The molecule has 5 rings (SSSR count). The molecule has 2 aromatic carbocycles. The van der Waals surface area contributed by atoms with Crippen LogP contribution in [0.1, 0.15) is 74.1 Å². The number of fused-ring (bicyclic) bond motifs is 1. The van der Waals surface area contributed by atoms with Crippen LogP contribution in [0.15, 0.2) is 30.3 Å². The summed E-state index contributed by atoms with van der Waals surface area (Å²) in [7, 11) is -2.55. The van der Waals surface area contributed by atoms with Crippen LogP contribution in [0.4, 0.5) is 15.9 Å². The minimum Gasteiger partial charge on any atom is -0.382 e. The Morgan fingerprint density at radius 3 is 2.49 bits per heavy atom. The van der Waals surface area contributed by atoms with Crippen LogP contribution in [0.2, 0.25) is 0 Å². The Balaban J connectivity index is 1.52. The van der Waals surface area contributed by atoms with Crippen molar-refractivity contribution in [3.63, 3.8) is 0 Å². The van der Waals surface area contributed by atoms with Gasteiger partial charge in [-0.2, -0.15) is 0 Å². The summed E-state index contributed by atoms with van der Waals surface area (Å²) in [6, 6.07) is 10.3. The summed E-state index contributed by atoms with van der Waals surface area (Å²) < 4.78 is 28.4. The van der Waals surface area contributed by atoms with Crippen molar-refractivity contribution in [3.8, 4) is 0 Å². The molecule has 0 saturated heterocycles. The van der Waals surface area contributed by atoms with Crippen LogP contribution in [0.5, 0.6) is 0 Å². The van der Waals surface area contributed by atoms with Crippen LogP contribution in [-0.4, -0.2) is 29.3 Å². The number of benzene rings is 2. The van der Waals surface area contributed by atoms with E-state index >= 15 is 4.39 Å². The van der Waals surface area contributed by atoms with Crippen molar-refractivity contribution in [1.29, 1.82) is 0 Å². The molecule has 0 bridgehead atoms. The Kier molecular flexibility index (Phi) is 6.37. The topological polar surface area (TPSA) is 66.9 Å². The van der Waals surface area contributed by atoms with Crippen molar-refractivity contribution in [3.05, 3.63) is 52.8 Å². The lowest BCUT2D eigenvalue weighted by Crippen LogP contribution is -2.18. The molecular weight excluding hydrogens is 458 g/mol. The molecular formula is C28H36FN4OP. The second-order valence-electron chi connectivity index (χ2n) is 10.9. The smallest absolute Gasteiger partial charge is 0.137 e. The van der Waals surface area contributed by atoms with Crippen LogP contribution < -0.4 is 15.9 Å². The van der Waals surface area contributed by atoms with Gasteiger partial charge < -0.3 is 15.2 Å². The summed E-state index contributed by atoms with van der Waals surface area (Å²) in [6.45, 7) is 10.2. The fourth-order valence-corrected chi connectivity index (χ4v) is 6.16. The first kappa shape index (κ1) is 24.2. The maximum atomic E-state index is 15.2. The third-order valence-corrected chi connectivity index (χ3v) is 8.47. The second-order valence-corrected chi connectivity index (χ2v) is 14.1. The van der Waals surface area contributed by atoms with Crippen LogP contribution in [0.25, 0.3) is 10.9 Å². The van der Waals surface area contributed by atoms with E-state index in [0.29, 0.717) is 18.3 Å². The highest BCUT2D eigenvalue weighted by Crippen LogP contribution is 2.50. The Bertz CT molecular complexity index is 1310. The normalized spacial score (nSPS) is 17.1. The molecule has 5 nitrogen and oxygen atoms in total. The number of rotatable bonds is 9. The lowest BCUT2D eigenvalue weighted by atomic mass is 9.92. The Morgan fingerprint density at radius 1 is 1.11 bits per heavy atom. The molecule has 0 aliphatic heterocycles. The van der Waals surface area contributed by atoms with E-state index in [-0.39, 0.29) is 12.0 Å². The van der Waals surface area contributed by atoms with E-state index < -0.39 is 13.3 Å². The van der Waals surface area contributed by atoms with E-state index in [0.717, 1.165) is 64.5 Å². The van der Waals surface area contributed by atoms with Gasteiger partial charge in [-0.15, -0.1) is 0 Å². The van der Waals surface area contributed by atoms with Crippen molar-refractivity contribution in [2.24, 2.45) is 5.92 Å². The third kappa shape index (κ3) is 5.23. The predicted octanol–water partition coefficient (Wildman–Crippen LogP) is 6.92. The Hall–Kier alpha value is -2.46. The zero-order chi connectivity index (χ0) is 24.9. The monoisotopic (exact) mass is 494 g/mol. The molecule has 3 aromatic rings. The number of hydrogen-bond acceptors (Lipinski definition) is 5. The fourth-order valence-electron chi connectivity index (χ4n) is 5.01. The predicted molar refractivity (Wildman–Crippen MR) is 144 cm³/mol. The molecule has 0 amide bonds. The van der Waals surface area contributed by atoms with Crippen LogP contribution in [0, 0.1) is 12.8 Å². The van der Waals surface area contributed by atoms with Crippen LogP contribution in [0.3, 0.4) is 0 Å². The molecule has 2 N–H and O–H groups in total. The third-order valence-electron chi connectivity index (χ3n) is 6.94. The first-order valence-electron chi connectivity index (χ1n) is 12.8. The summed E-state index contributed by atoms with van der Waals surface area (Å²) in [5.74, 6) is 2.05. The van der Waals surface area contributed by atoms with Gasteiger partial charge >= 0.3 is 0 Å². The summed E-state index contributed by atoms with van der Waals surface area (Å²) in [6.07, 6.45) is 3.40. The minimum absolute atomic E-state index is 0.190. The molecule has 35 heavy (non-hydrogen) atoms. The van der Waals surface area contributed by atoms with Crippen LogP contribution >= 0.6 is 7.14 Å². The Labute approximate surface area is 207 Å². The first-order chi connectivity index (χ1) is 16.6. The van der Waals surface area contributed by atoms with Gasteiger partial charge in [0, 0.05) is 29.0 Å². The zero-order valence-corrected chi connectivity index (χ0v) is 22.3. The highest BCUT2D eigenvalue weighted by Gasteiger charge is 2.37. The lowest BCUT2D eigenvalue weighted by Gasteiger charge is -2.20. The molecule has 0 spiro atoms. The van der Waals surface area contributed by atoms with Gasteiger partial charge in [-0.3, -0.25) is 0 Å². The molecule has 186 valence electrons. The number of anilines is 2. The van der Waals surface area contributed by atoms with E-state index in [1.54, 1.807) is 13.3 Å². The van der Waals surface area contributed by atoms with Gasteiger partial charge in [0.2, 0.25) is 0 Å². The molecule has 2 aliphatic rings. The number of alkyl halides is 1. The summed E-state index contributed by atoms with van der Waals surface area (Å²) in [5, 5.41) is 8.63. The maximum absolute atomic E-state index is 15.2. The molecule has 2 fully saturated rings. The maximum Gasteiger partial charge on any atom is 0.137 e. The average Bonchev–Trinajstić information content (AvgIpc) is 3.68. The van der Waals surface area contributed by atoms with Gasteiger partial charge in [-0.25, -0.2) is 14.4 Å². The van der Waals surface area contributed by atoms with Gasteiger partial charge in [0.25, 0.3) is 0 Å². The van der Waals surface area contributed by atoms with Gasteiger partial charge in [0.05, 0.1) is 5.52 Å². The molecule has 2 saturated carbocycles. The van der Waals surface area contributed by atoms with Crippen molar-refractivity contribution in [2.75, 3.05) is 24.0 Å². The van der Waals surface area contributed by atoms with Crippen molar-refractivity contribution < 1.29 is 8.96 Å². The SMILES string of the molecule is Cc1nc(NCc2cccc(C(F)C3CC3)c2C2CC2)c2cc(P(C)(C)=O)c(NC(C)C)cc2n1. The van der Waals surface area contributed by atoms with E-state index in [2.05, 4.69) is 35.5 Å². The van der Waals surface area contributed by atoms with E-state index in [9.17, 15) is 4.57 Å². The number of hydrogen-bond donors (Lipinski definition) is 2. The largest absolute Gasteiger partial charge is 0.382 e. The average molecular weight is 495 g/mol. The van der Waals surface area contributed by atoms with Gasteiger partial charge in [-0.1, -0.05) is 18.2 Å². The molecule has 1 atom stereocenters. The highest BCUT2D eigenvalue weighted by molar-refractivity contribution is 7.70. The zero-order valence-electron chi connectivity index (χ0n) is 21.4. The van der Waals surface area contributed by atoms with Gasteiger partial charge in [0.15, 0.2) is 0 Å². The number of nitrogens with zero attached hydrogens (tertiary/aromatic N) is 2. The number of halogens is 1. The molecule has 2 aliphatic carbocycles. The number of aryl methyl sites for hydroxylation is 1. The molecule has 1 heterocycles. The van der Waals surface area contributed by atoms with Crippen LogP contribution in [-0.2, 0) is 11.1 Å². The first-order valence-corrected chi connectivity index (χ1v) is 15.4. The standard InChI is InChI=1S/C28H36FN4OP/c1-16(2)31-24-14-23-22(13-25(24)35(4,5)34)28(33-17(3)32-23)30-15-20-7-6-8-21(26(20)18-9-10-18)27(29)19-11-12-19/h6-8,13-14,16,18-19,27,31H,9-12,15H2,1-5H3,(H,30,32,33). The molecule has 0 radical (unpaired) electrons. The van der Waals surface area contributed by atoms with Crippen molar-refractivity contribution in [1.82, 2.24) is 9.97 Å². The highest BCUT2D eigenvalue weighted by atomic mass is 31.2. The lowest BCUT2D eigenvalue weighted by molar-refractivity contribution is 0.303. The summed E-state index contributed by atoms with van der Waals surface area (Å²) in [4.78, 5) is 9.38. The quantitative estimate of drug-likeness (QED) is 0.316. The Morgan fingerprint density at radius 2 is 1.86 bits per heavy atom. The molecule has 7 heteroatoms. The summed E-state index contributed by atoms with van der Waals surface area (Å²) in [5.41, 5.74) is 4.91. The van der Waals surface area contributed by atoms with Gasteiger partial charge in [-0.05, 0) is 100 Å². The van der Waals surface area contributed by atoms with E-state index in [4.69, 9.17) is 4.98 Å². The molecule has 1 unspecified atom stereocenters. The summed E-state index contributed by atoms with van der Waals surface area (Å²) >= 11 is 0. The van der Waals surface area contributed by atoms with Gasteiger partial charge in [0.1, 0.15) is 25.0 Å².